The minimum absolute atomic E-state index is 0.0486. The number of nitrogens with two attached hydrogens (primary N) is 1. The zero-order valence-electron chi connectivity index (χ0n) is 10.1. The summed E-state index contributed by atoms with van der Waals surface area (Å²) in [6.45, 7) is 6.11. The topological polar surface area (TPSA) is 35.2 Å². The van der Waals surface area contributed by atoms with E-state index in [9.17, 15) is 0 Å². The van der Waals surface area contributed by atoms with Crippen LogP contribution in [0.3, 0.4) is 0 Å². The van der Waals surface area contributed by atoms with Gasteiger partial charge in [-0.1, -0.05) is 30.7 Å². The summed E-state index contributed by atoms with van der Waals surface area (Å²) in [5.74, 6) is 0. The maximum absolute atomic E-state index is 5.97. The molecular formula is C13H20ClNO. The second-order valence-corrected chi connectivity index (χ2v) is 4.63. The van der Waals surface area contributed by atoms with Gasteiger partial charge in [-0.25, -0.2) is 0 Å². The number of benzene rings is 1. The fourth-order valence-corrected chi connectivity index (χ4v) is 1.73. The second-order valence-electron chi connectivity index (χ2n) is 4.19. The Morgan fingerprint density at radius 1 is 1.38 bits per heavy atom. The first-order chi connectivity index (χ1) is 7.54. The van der Waals surface area contributed by atoms with Crippen LogP contribution < -0.4 is 5.73 Å². The van der Waals surface area contributed by atoms with Gasteiger partial charge in [0.2, 0.25) is 0 Å². The first kappa shape index (κ1) is 13.5. The lowest BCUT2D eigenvalue weighted by Crippen LogP contribution is -2.29. The fourth-order valence-electron chi connectivity index (χ4n) is 1.54. The summed E-state index contributed by atoms with van der Waals surface area (Å²) in [6.07, 6.45) is 1.09. The van der Waals surface area contributed by atoms with Gasteiger partial charge in [0, 0.05) is 11.1 Å². The predicted molar refractivity (Wildman–Crippen MR) is 68.7 cm³/mol. The zero-order chi connectivity index (χ0) is 12.1. The second kappa shape index (κ2) is 6.24. The molecule has 0 amide bonds. The third-order valence-electron chi connectivity index (χ3n) is 2.61. The number of rotatable bonds is 5. The Hall–Kier alpha value is -0.570. The summed E-state index contributed by atoms with van der Waals surface area (Å²) < 4.78 is 5.92. The highest BCUT2D eigenvalue weighted by Gasteiger charge is 2.19. The lowest BCUT2D eigenvalue weighted by molar-refractivity contribution is -0.0161. The SMILES string of the molecule is CCC(C)OC(c1cccc(Cl)c1)C(C)N. The molecule has 0 aliphatic rings. The van der Waals surface area contributed by atoms with Gasteiger partial charge in [0.15, 0.2) is 0 Å². The minimum Gasteiger partial charge on any atom is -0.369 e. The van der Waals surface area contributed by atoms with E-state index in [1.54, 1.807) is 0 Å². The molecule has 0 aliphatic heterocycles. The van der Waals surface area contributed by atoms with Crippen LogP contribution in [0.2, 0.25) is 5.02 Å². The maximum atomic E-state index is 5.97. The summed E-state index contributed by atoms with van der Waals surface area (Å²) in [6, 6.07) is 7.65. The zero-order valence-corrected chi connectivity index (χ0v) is 10.9. The van der Waals surface area contributed by atoms with E-state index in [2.05, 4.69) is 13.8 Å². The van der Waals surface area contributed by atoms with Gasteiger partial charge in [-0.05, 0) is 38.0 Å². The van der Waals surface area contributed by atoms with Gasteiger partial charge < -0.3 is 10.5 Å². The summed E-state index contributed by atoms with van der Waals surface area (Å²) >= 11 is 5.97. The summed E-state index contributed by atoms with van der Waals surface area (Å²) in [7, 11) is 0. The van der Waals surface area contributed by atoms with Crippen LogP contribution in [0.4, 0.5) is 0 Å². The quantitative estimate of drug-likeness (QED) is 0.856. The lowest BCUT2D eigenvalue weighted by atomic mass is 10.0. The Bertz CT molecular complexity index is 327. The van der Waals surface area contributed by atoms with E-state index >= 15 is 0 Å². The average molecular weight is 242 g/mol. The van der Waals surface area contributed by atoms with Crippen LogP contribution in [0, 0.1) is 0 Å². The molecule has 0 fully saturated rings. The Balaban J connectivity index is 2.85. The Labute approximate surface area is 103 Å². The molecule has 90 valence electrons. The largest absolute Gasteiger partial charge is 0.369 e. The molecule has 2 N–H and O–H groups in total. The number of halogens is 1. The van der Waals surface area contributed by atoms with Gasteiger partial charge in [0.05, 0.1) is 12.2 Å². The summed E-state index contributed by atoms with van der Waals surface area (Å²) in [5.41, 5.74) is 7.00. The molecule has 0 saturated carbocycles. The molecule has 0 bridgehead atoms. The fraction of sp³-hybridized carbons (Fsp3) is 0.538. The smallest absolute Gasteiger partial charge is 0.0977 e. The summed E-state index contributed by atoms with van der Waals surface area (Å²) in [5, 5.41) is 0.718. The molecule has 16 heavy (non-hydrogen) atoms. The molecule has 0 saturated heterocycles. The van der Waals surface area contributed by atoms with Crippen molar-refractivity contribution < 1.29 is 4.74 Å². The molecular weight excluding hydrogens is 222 g/mol. The van der Waals surface area contributed by atoms with Gasteiger partial charge in [-0.2, -0.15) is 0 Å². The van der Waals surface area contributed by atoms with Crippen LogP contribution in [-0.4, -0.2) is 12.1 Å². The van der Waals surface area contributed by atoms with Crippen molar-refractivity contribution in [1.82, 2.24) is 0 Å². The highest BCUT2D eigenvalue weighted by molar-refractivity contribution is 6.30. The summed E-state index contributed by atoms with van der Waals surface area (Å²) in [4.78, 5) is 0. The third-order valence-corrected chi connectivity index (χ3v) is 2.84. The van der Waals surface area contributed by atoms with Crippen molar-refractivity contribution in [2.45, 2.75) is 45.4 Å². The normalized spacial score (nSPS) is 16.8. The van der Waals surface area contributed by atoms with Gasteiger partial charge in [0.1, 0.15) is 0 Å². The standard InChI is InChI=1S/C13H20ClNO/c1-4-9(2)16-13(10(3)15)11-6-5-7-12(14)8-11/h5-10,13H,4,15H2,1-3H3. The predicted octanol–water partition coefficient (Wildman–Crippen LogP) is 3.54. The van der Waals surface area contributed by atoms with Crippen molar-refractivity contribution in [1.29, 1.82) is 0 Å². The van der Waals surface area contributed by atoms with Gasteiger partial charge >= 0.3 is 0 Å². The first-order valence-corrected chi connectivity index (χ1v) is 6.09. The van der Waals surface area contributed by atoms with Crippen LogP contribution in [0.15, 0.2) is 24.3 Å². The molecule has 3 heteroatoms. The molecule has 3 atom stereocenters. The van der Waals surface area contributed by atoms with Crippen LogP contribution in [0.1, 0.15) is 38.9 Å². The Kier molecular flexibility index (Phi) is 5.26. The lowest BCUT2D eigenvalue weighted by Gasteiger charge is -2.25. The molecule has 1 aromatic carbocycles. The van der Waals surface area contributed by atoms with Gasteiger partial charge in [-0.3, -0.25) is 0 Å². The van der Waals surface area contributed by atoms with E-state index in [1.807, 2.05) is 31.2 Å². The van der Waals surface area contributed by atoms with Crippen LogP contribution in [-0.2, 0) is 4.74 Å². The molecule has 2 nitrogen and oxygen atoms in total. The van der Waals surface area contributed by atoms with Crippen molar-refractivity contribution >= 4 is 11.6 Å². The molecule has 0 spiro atoms. The Morgan fingerprint density at radius 2 is 2.06 bits per heavy atom. The first-order valence-electron chi connectivity index (χ1n) is 5.71. The molecule has 1 rings (SSSR count). The van der Waals surface area contributed by atoms with Crippen molar-refractivity contribution in [3.05, 3.63) is 34.9 Å². The van der Waals surface area contributed by atoms with Crippen molar-refractivity contribution in [3.8, 4) is 0 Å². The molecule has 0 radical (unpaired) electrons. The van der Waals surface area contributed by atoms with E-state index in [-0.39, 0.29) is 18.2 Å². The highest BCUT2D eigenvalue weighted by Crippen LogP contribution is 2.25. The van der Waals surface area contributed by atoms with Crippen LogP contribution in [0.25, 0.3) is 0 Å². The van der Waals surface area contributed by atoms with Crippen molar-refractivity contribution in [3.63, 3.8) is 0 Å². The monoisotopic (exact) mass is 241 g/mol. The molecule has 0 heterocycles. The van der Waals surface area contributed by atoms with Gasteiger partial charge in [-0.15, -0.1) is 0 Å². The van der Waals surface area contributed by atoms with Crippen molar-refractivity contribution in [2.24, 2.45) is 5.73 Å². The van der Waals surface area contributed by atoms with E-state index in [0.717, 1.165) is 17.0 Å². The van der Waals surface area contributed by atoms with E-state index in [4.69, 9.17) is 22.1 Å². The number of hydrogen-bond acceptors (Lipinski definition) is 2. The molecule has 0 aliphatic carbocycles. The number of hydrogen-bond donors (Lipinski definition) is 1. The van der Waals surface area contributed by atoms with E-state index < -0.39 is 0 Å². The average Bonchev–Trinajstić information content (AvgIpc) is 2.25. The van der Waals surface area contributed by atoms with Crippen molar-refractivity contribution in [2.75, 3.05) is 0 Å². The number of ether oxygens (including phenoxy) is 1. The van der Waals surface area contributed by atoms with E-state index in [1.165, 1.54) is 0 Å². The van der Waals surface area contributed by atoms with Crippen LogP contribution >= 0.6 is 11.6 Å². The third kappa shape index (κ3) is 3.78. The maximum Gasteiger partial charge on any atom is 0.0977 e. The highest BCUT2D eigenvalue weighted by atomic mass is 35.5. The Morgan fingerprint density at radius 3 is 2.56 bits per heavy atom. The molecule has 3 unspecified atom stereocenters. The van der Waals surface area contributed by atoms with Gasteiger partial charge in [0.25, 0.3) is 0 Å². The van der Waals surface area contributed by atoms with E-state index in [0.29, 0.717) is 0 Å². The van der Waals surface area contributed by atoms with Crippen LogP contribution in [0.5, 0.6) is 0 Å². The molecule has 0 aromatic heterocycles. The minimum atomic E-state index is -0.0892. The molecule has 1 aromatic rings.